The van der Waals surface area contributed by atoms with E-state index in [1.165, 1.54) is 4.52 Å². The van der Waals surface area contributed by atoms with E-state index in [9.17, 15) is 18.0 Å². The van der Waals surface area contributed by atoms with Crippen LogP contribution < -0.4 is 5.56 Å². The molecule has 98 valence electrons. The molecule has 0 saturated carbocycles. The number of nitrogens with one attached hydrogen (secondary N) is 1. The second kappa shape index (κ2) is 4.11. The van der Waals surface area contributed by atoms with Crippen LogP contribution in [0, 0.1) is 0 Å². The summed E-state index contributed by atoms with van der Waals surface area (Å²) in [5, 5.41) is 9.84. The maximum atomic E-state index is 12.3. The molecule has 2 aromatic rings. The van der Waals surface area contributed by atoms with Gasteiger partial charge in [0, 0.05) is 5.92 Å². The average molecular weight is 260 g/mol. The highest BCUT2D eigenvalue weighted by Gasteiger charge is 2.29. The summed E-state index contributed by atoms with van der Waals surface area (Å²) >= 11 is 0. The molecular weight excluding hydrogens is 249 g/mol. The Morgan fingerprint density at radius 1 is 1.44 bits per heavy atom. The molecule has 0 saturated heterocycles. The Hall–Kier alpha value is -1.86. The number of hydrogen-bond donors (Lipinski definition) is 1. The number of hydrogen-bond acceptors (Lipinski definition) is 3. The Bertz CT molecular complexity index is 626. The number of aromatic nitrogens is 4. The van der Waals surface area contributed by atoms with Crippen molar-refractivity contribution in [1.29, 1.82) is 0 Å². The third kappa shape index (κ3) is 2.36. The van der Waals surface area contributed by atoms with E-state index in [1.54, 1.807) is 0 Å². The summed E-state index contributed by atoms with van der Waals surface area (Å²) < 4.78 is 38.0. The van der Waals surface area contributed by atoms with Gasteiger partial charge in [0.15, 0.2) is 5.82 Å². The zero-order valence-electron chi connectivity index (χ0n) is 9.75. The molecule has 0 unspecified atom stereocenters. The molecule has 0 spiro atoms. The van der Waals surface area contributed by atoms with E-state index in [1.807, 2.05) is 13.8 Å². The lowest BCUT2D eigenvalue weighted by atomic mass is 10.2. The van der Waals surface area contributed by atoms with Crippen LogP contribution in [-0.4, -0.2) is 26.0 Å². The molecule has 0 aliphatic carbocycles. The van der Waals surface area contributed by atoms with Gasteiger partial charge in [0.25, 0.3) is 5.56 Å². The van der Waals surface area contributed by atoms with Gasteiger partial charge in [-0.3, -0.25) is 4.79 Å². The summed E-state index contributed by atoms with van der Waals surface area (Å²) in [6, 6.07) is 1.14. The van der Waals surface area contributed by atoms with Gasteiger partial charge in [0.05, 0.1) is 12.1 Å². The normalized spacial score (nSPS) is 12.6. The summed E-state index contributed by atoms with van der Waals surface area (Å²) in [5.41, 5.74) is -0.670. The highest BCUT2D eigenvalue weighted by atomic mass is 19.4. The van der Waals surface area contributed by atoms with E-state index in [0.29, 0.717) is 5.82 Å². The van der Waals surface area contributed by atoms with Gasteiger partial charge in [-0.25, -0.2) is 9.61 Å². The summed E-state index contributed by atoms with van der Waals surface area (Å²) in [5.74, 6) is 0.348. The van der Waals surface area contributed by atoms with Crippen LogP contribution in [0.5, 0.6) is 0 Å². The molecule has 0 fully saturated rings. The molecule has 2 heterocycles. The van der Waals surface area contributed by atoms with Crippen LogP contribution in [0.2, 0.25) is 0 Å². The van der Waals surface area contributed by atoms with Crippen molar-refractivity contribution in [3.63, 3.8) is 0 Å². The Balaban J connectivity index is 2.59. The van der Waals surface area contributed by atoms with Crippen molar-refractivity contribution in [3.8, 4) is 0 Å². The van der Waals surface area contributed by atoms with Crippen LogP contribution in [0.25, 0.3) is 5.52 Å². The lowest BCUT2D eigenvalue weighted by Crippen LogP contribution is -2.17. The largest absolute Gasteiger partial charge is 0.394 e. The highest BCUT2D eigenvalue weighted by molar-refractivity contribution is 5.45. The molecule has 0 radical (unpaired) electrons. The van der Waals surface area contributed by atoms with Crippen molar-refractivity contribution in [2.75, 3.05) is 0 Å². The second-order valence-corrected chi connectivity index (χ2v) is 4.29. The third-order valence-electron chi connectivity index (χ3n) is 2.38. The van der Waals surface area contributed by atoms with E-state index in [-0.39, 0.29) is 17.1 Å². The third-order valence-corrected chi connectivity index (χ3v) is 2.38. The molecule has 0 amide bonds. The lowest BCUT2D eigenvalue weighted by Gasteiger charge is -2.05. The molecule has 0 aliphatic rings. The van der Waals surface area contributed by atoms with E-state index in [2.05, 4.69) is 15.3 Å². The Morgan fingerprint density at radius 3 is 2.67 bits per heavy atom. The topological polar surface area (TPSA) is 63.0 Å². The van der Waals surface area contributed by atoms with Crippen molar-refractivity contribution in [1.82, 2.24) is 19.8 Å². The van der Waals surface area contributed by atoms with Crippen molar-refractivity contribution in [2.45, 2.75) is 32.4 Å². The van der Waals surface area contributed by atoms with Gasteiger partial charge >= 0.3 is 6.18 Å². The molecule has 1 N–H and O–H groups in total. The van der Waals surface area contributed by atoms with Gasteiger partial charge < -0.3 is 0 Å². The summed E-state index contributed by atoms with van der Waals surface area (Å²) in [4.78, 5) is 11.5. The van der Waals surface area contributed by atoms with E-state index in [4.69, 9.17) is 0 Å². The summed E-state index contributed by atoms with van der Waals surface area (Å²) in [6.45, 7) is 3.62. The summed E-state index contributed by atoms with van der Waals surface area (Å²) in [6.07, 6.45) is -5.51. The van der Waals surface area contributed by atoms with Crippen molar-refractivity contribution in [2.24, 2.45) is 0 Å². The Labute approximate surface area is 99.6 Å². The zero-order chi connectivity index (χ0) is 13.5. The molecule has 2 aromatic heterocycles. The first-order valence-electron chi connectivity index (χ1n) is 5.32. The fraction of sp³-hybridized carbons (Fsp3) is 0.500. The van der Waals surface area contributed by atoms with Crippen LogP contribution >= 0.6 is 0 Å². The predicted molar refractivity (Wildman–Crippen MR) is 57.5 cm³/mol. The van der Waals surface area contributed by atoms with Crippen LogP contribution in [0.15, 0.2) is 10.9 Å². The minimum atomic E-state index is -4.35. The standard InChI is InChI=1S/C10H11F3N4O/c1-5(2)8-14-15-9(18)7-3-6(16-17(7)8)4-10(11,12)13/h3,5H,4H2,1-2H3,(H,15,18). The molecule has 8 heteroatoms. The predicted octanol–water partition coefficient (Wildman–Crippen LogP) is 1.65. The second-order valence-electron chi connectivity index (χ2n) is 4.29. The molecule has 18 heavy (non-hydrogen) atoms. The average Bonchev–Trinajstić information content (AvgIpc) is 2.58. The van der Waals surface area contributed by atoms with Crippen LogP contribution in [0.4, 0.5) is 13.2 Å². The molecule has 2 rings (SSSR count). The SMILES string of the molecule is CC(C)c1n[nH]c(=O)c2cc(CC(F)(F)F)nn12. The van der Waals surface area contributed by atoms with E-state index in [0.717, 1.165) is 6.07 Å². The Kier molecular flexibility index (Phi) is 2.88. The first kappa shape index (κ1) is 12.6. The number of fused-ring (bicyclic) bond motifs is 1. The van der Waals surface area contributed by atoms with Crippen molar-refractivity contribution >= 4 is 5.52 Å². The molecular formula is C10H11F3N4O. The number of nitrogens with zero attached hydrogens (tertiary/aromatic N) is 3. The molecule has 0 aromatic carbocycles. The maximum absolute atomic E-state index is 12.3. The van der Waals surface area contributed by atoms with Gasteiger partial charge in [0.1, 0.15) is 5.52 Å². The van der Waals surface area contributed by atoms with Gasteiger partial charge in [-0.1, -0.05) is 13.8 Å². The minimum absolute atomic E-state index is 0.0667. The lowest BCUT2D eigenvalue weighted by molar-refractivity contribution is -0.127. The van der Waals surface area contributed by atoms with Gasteiger partial charge in [-0.15, -0.1) is 0 Å². The summed E-state index contributed by atoms with van der Waals surface area (Å²) in [7, 11) is 0. The monoisotopic (exact) mass is 260 g/mol. The fourth-order valence-electron chi connectivity index (χ4n) is 1.64. The maximum Gasteiger partial charge on any atom is 0.394 e. The Morgan fingerprint density at radius 2 is 2.11 bits per heavy atom. The number of alkyl halides is 3. The molecule has 0 aliphatic heterocycles. The van der Waals surface area contributed by atoms with Crippen LogP contribution in [0.1, 0.15) is 31.3 Å². The van der Waals surface area contributed by atoms with Gasteiger partial charge in [0.2, 0.25) is 0 Å². The number of halogens is 3. The quantitative estimate of drug-likeness (QED) is 0.892. The molecule has 5 nitrogen and oxygen atoms in total. The van der Waals surface area contributed by atoms with Crippen molar-refractivity contribution in [3.05, 3.63) is 27.9 Å². The first-order chi connectivity index (χ1) is 8.28. The van der Waals surface area contributed by atoms with E-state index < -0.39 is 18.2 Å². The van der Waals surface area contributed by atoms with Crippen molar-refractivity contribution < 1.29 is 13.2 Å². The first-order valence-corrected chi connectivity index (χ1v) is 5.32. The van der Waals surface area contributed by atoms with Crippen LogP contribution in [0.3, 0.4) is 0 Å². The molecule has 0 bridgehead atoms. The number of rotatable bonds is 2. The van der Waals surface area contributed by atoms with Gasteiger partial charge in [-0.2, -0.15) is 23.4 Å². The highest BCUT2D eigenvalue weighted by Crippen LogP contribution is 2.21. The fourth-order valence-corrected chi connectivity index (χ4v) is 1.64. The van der Waals surface area contributed by atoms with Crippen LogP contribution in [-0.2, 0) is 6.42 Å². The minimum Gasteiger partial charge on any atom is -0.266 e. The number of aromatic amines is 1. The molecule has 0 atom stereocenters. The number of H-pyrrole nitrogens is 1. The zero-order valence-corrected chi connectivity index (χ0v) is 9.75. The van der Waals surface area contributed by atoms with Gasteiger partial charge in [-0.05, 0) is 6.07 Å². The smallest absolute Gasteiger partial charge is 0.266 e. The van der Waals surface area contributed by atoms with E-state index >= 15 is 0 Å².